The highest BCUT2D eigenvalue weighted by Gasteiger charge is 2.20. The third kappa shape index (κ3) is 5.14. The second-order valence-electron chi connectivity index (χ2n) is 4.52. The molecule has 0 aliphatic carbocycles. The predicted octanol–water partition coefficient (Wildman–Crippen LogP) is 1.35. The maximum atomic E-state index is 11.9. The highest BCUT2D eigenvalue weighted by Crippen LogP contribution is 2.27. The van der Waals surface area contributed by atoms with Gasteiger partial charge in [-0.3, -0.25) is 4.31 Å². The van der Waals surface area contributed by atoms with Crippen molar-refractivity contribution in [2.24, 2.45) is 0 Å². The van der Waals surface area contributed by atoms with Gasteiger partial charge < -0.3 is 0 Å². The molecule has 0 unspecified atom stereocenters. The van der Waals surface area contributed by atoms with E-state index in [-0.39, 0.29) is 18.8 Å². The second-order valence-corrected chi connectivity index (χ2v) is 8.93. The third-order valence-corrected chi connectivity index (χ3v) is 5.92. The number of rotatable bonds is 7. The normalized spacial score (nSPS) is 12.4. The lowest BCUT2D eigenvalue weighted by Crippen LogP contribution is -2.38. The molecule has 9 heteroatoms. The summed E-state index contributed by atoms with van der Waals surface area (Å²) >= 11 is 6.00. The SMILES string of the molecule is CCS(=O)(=O)NCCN(c1cccc(Cl)c1C)S(C)(=O)=O. The van der Waals surface area contributed by atoms with Crippen molar-refractivity contribution in [3.63, 3.8) is 0 Å². The molecular formula is C12H19ClN2O4S2. The molecule has 0 radical (unpaired) electrons. The highest BCUT2D eigenvalue weighted by molar-refractivity contribution is 7.92. The van der Waals surface area contributed by atoms with Gasteiger partial charge >= 0.3 is 0 Å². The van der Waals surface area contributed by atoms with E-state index in [2.05, 4.69) is 4.72 Å². The fourth-order valence-electron chi connectivity index (χ4n) is 1.74. The molecule has 21 heavy (non-hydrogen) atoms. The van der Waals surface area contributed by atoms with Crippen LogP contribution in [0.15, 0.2) is 18.2 Å². The Kier molecular flexibility index (Phi) is 6.03. The molecular weight excluding hydrogens is 336 g/mol. The molecule has 1 N–H and O–H groups in total. The fraction of sp³-hybridized carbons (Fsp3) is 0.500. The molecule has 1 rings (SSSR count). The molecule has 0 aromatic heterocycles. The van der Waals surface area contributed by atoms with Gasteiger partial charge in [-0.1, -0.05) is 17.7 Å². The monoisotopic (exact) mass is 354 g/mol. The second kappa shape index (κ2) is 6.95. The number of halogens is 1. The molecule has 0 atom stereocenters. The molecule has 0 saturated heterocycles. The molecule has 0 bridgehead atoms. The number of hydrogen-bond donors (Lipinski definition) is 1. The standard InChI is InChI=1S/C12H19ClN2O4S2/c1-4-21(18,19)14-8-9-15(20(3,16)17)12-7-5-6-11(13)10(12)2/h5-7,14H,4,8-9H2,1-3H3. The van der Waals surface area contributed by atoms with Crippen LogP contribution in [-0.2, 0) is 20.0 Å². The van der Waals surface area contributed by atoms with Gasteiger partial charge in [0.1, 0.15) is 0 Å². The number of anilines is 1. The number of benzene rings is 1. The van der Waals surface area contributed by atoms with Gasteiger partial charge in [0.15, 0.2) is 0 Å². The lowest BCUT2D eigenvalue weighted by atomic mass is 10.2. The van der Waals surface area contributed by atoms with E-state index in [1.807, 2.05) is 0 Å². The smallest absolute Gasteiger partial charge is 0.232 e. The summed E-state index contributed by atoms with van der Waals surface area (Å²) in [6.07, 6.45) is 1.07. The van der Waals surface area contributed by atoms with Crippen molar-refractivity contribution >= 4 is 37.3 Å². The van der Waals surface area contributed by atoms with Gasteiger partial charge in [0.2, 0.25) is 20.0 Å². The molecule has 0 amide bonds. The van der Waals surface area contributed by atoms with E-state index in [1.165, 1.54) is 6.92 Å². The summed E-state index contributed by atoms with van der Waals surface area (Å²) in [5, 5.41) is 0.454. The van der Waals surface area contributed by atoms with Gasteiger partial charge in [-0.15, -0.1) is 0 Å². The van der Waals surface area contributed by atoms with Gasteiger partial charge in [0, 0.05) is 18.1 Å². The van der Waals surface area contributed by atoms with E-state index in [9.17, 15) is 16.8 Å². The average molecular weight is 355 g/mol. The molecule has 6 nitrogen and oxygen atoms in total. The zero-order chi connectivity index (χ0) is 16.3. The maximum absolute atomic E-state index is 11.9. The zero-order valence-corrected chi connectivity index (χ0v) is 14.5. The van der Waals surface area contributed by atoms with E-state index >= 15 is 0 Å². The average Bonchev–Trinajstić information content (AvgIpc) is 2.37. The fourth-order valence-corrected chi connectivity index (χ4v) is 3.49. The largest absolute Gasteiger partial charge is 0.269 e. The Morgan fingerprint density at radius 2 is 1.86 bits per heavy atom. The highest BCUT2D eigenvalue weighted by atomic mass is 35.5. The molecule has 0 aliphatic heterocycles. The summed E-state index contributed by atoms with van der Waals surface area (Å²) < 4.78 is 50.1. The third-order valence-electron chi connectivity index (χ3n) is 2.93. The Morgan fingerprint density at radius 3 is 2.38 bits per heavy atom. The van der Waals surface area contributed by atoms with Crippen LogP contribution >= 0.6 is 11.6 Å². The van der Waals surface area contributed by atoms with E-state index in [0.29, 0.717) is 16.3 Å². The van der Waals surface area contributed by atoms with Gasteiger partial charge in [-0.05, 0) is 31.5 Å². The summed E-state index contributed by atoms with van der Waals surface area (Å²) in [6.45, 7) is 3.22. The van der Waals surface area contributed by atoms with Crippen LogP contribution in [0.5, 0.6) is 0 Å². The Hall–Kier alpha value is -0.830. The van der Waals surface area contributed by atoms with Crippen molar-refractivity contribution in [2.45, 2.75) is 13.8 Å². The van der Waals surface area contributed by atoms with E-state index in [4.69, 9.17) is 11.6 Å². The van der Waals surface area contributed by atoms with E-state index in [0.717, 1.165) is 10.6 Å². The summed E-state index contributed by atoms with van der Waals surface area (Å²) in [4.78, 5) is 0. The van der Waals surface area contributed by atoms with Crippen LogP contribution < -0.4 is 9.03 Å². The topological polar surface area (TPSA) is 83.6 Å². The molecule has 0 spiro atoms. The van der Waals surface area contributed by atoms with Crippen LogP contribution in [0.2, 0.25) is 5.02 Å². The number of hydrogen-bond acceptors (Lipinski definition) is 4. The first kappa shape index (κ1) is 18.2. The van der Waals surface area contributed by atoms with Crippen molar-refractivity contribution in [3.05, 3.63) is 28.8 Å². The van der Waals surface area contributed by atoms with Gasteiger partial charge in [-0.2, -0.15) is 0 Å². The Morgan fingerprint density at radius 1 is 1.24 bits per heavy atom. The first-order valence-corrected chi connectivity index (χ1v) is 10.2. The lowest BCUT2D eigenvalue weighted by Gasteiger charge is -2.24. The van der Waals surface area contributed by atoms with Crippen LogP contribution in [0.25, 0.3) is 0 Å². The molecule has 120 valence electrons. The Balaban J connectivity index is 3.01. The lowest BCUT2D eigenvalue weighted by molar-refractivity contribution is 0.579. The van der Waals surface area contributed by atoms with Gasteiger partial charge in [0.05, 0.1) is 17.7 Å². The minimum absolute atomic E-state index is 0.000748. The van der Waals surface area contributed by atoms with Gasteiger partial charge in [-0.25, -0.2) is 21.6 Å². The molecule has 0 heterocycles. The summed E-state index contributed by atoms with van der Waals surface area (Å²) in [5.74, 6) is -0.0535. The molecule has 0 saturated carbocycles. The quantitative estimate of drug-likeness (QED) is 0.801. The molecule has 1 aromatic carbocycles. The van der Waals surface area contributed by atoms with Crippen molar-refractivity contribution in [1.82, 2.24) is 4.72 Å². The zero-order valence-electron chi connectivity index (χ0n) is 12.1. The molecule has 0 aliphatic rings. The minimum atomic E-state index is -3.54. The predicted molar refractivity (Wildman–Crippen MR) is 85.8 cm³/mol. The summed E-state index contributed by atoms with van der Waals surface area (Å²) in [6, 6.07) is 4.95. The maximum Gasteiger partial charge on any atom is 0.232 e. The number of nitrogens with one attached hydrogen (secondary N) is 1. The Labute approximate surface area is 131 Å². The number of sulfonamides is 2. The molecule has 1 aromatic rings. The van der Waals surface area contributed by atoms with Crippen molar-refractivity contribution in [3.8, 4) is 0 Å². The van der Waals surface area contributed by atoms with Crippen LogP contribution in [-0.4, -0.2) is 41.9 Å². The first-order chi connectivity index (χ1) is 9.58. The van der Waals surface area contributed by atoms with Crippen molar-refractivity contribution in [1.29, 1.82) is 0 Å². The van der Waals surface area contributed by atoms with Crippen LogP contribution in [0.4, 0.5) is 5.69 Å². The van der Waals surface area contributed by atoms with Gasteiger partial charge in [0.25, 0.3) is 0 Å². The van der Waals surface area contributed by atoms with Crippen molar-refractivity contribution < 1.29 is 16.8 Å². The Bertz CT molecular complexity index is 702. The summed E-state index contributed by atoms with van der Waals surface area (Å²) in [7, 11) is -6.90. The van der Waals surface area contributed by atoms with Crippen LogP contribution in [0.3, 0.4) is 0 Å². The van der Waals surface area contributed by atoms with E-state index in [1.54, 1.807) is 25.1 Å². The van der Waals surface area contributed by atoms with Crippen LogP contribution in [0.1, 0.15) is 12.5 Å². The van der Waals surface area contributed by atoms with Crippen molar-refractivity contribution in [2.75, 3.05) is 29.4 Å². The number of nitrogens with zero attached hydrogens (tertiary/aromatic N) is 1. The van der Waals surface area contributed by atoms with Crippen LogP contribution in [0, 0.1) is 6.92 Å². The van der Waals surface area contributed by atoms with E-state index < -0.39 is 20.0 Å². The summed E-state index contributed by atoms with van der Waals surface area (Å²) in [5.41, 5.74) is 1.07. The minimum Gasteiger partial charge on any atom is -0.269 e. The molecule has 0 fully saturated rings. The first-order valence-electron chi connectivity index (χ1n) is 6.28.